The lowest BCUT2D eigenvalue weighted by atomic mass is 9.77. The van der Waals surface area contributed by atoms with Crippen LogP contribution in [0.3, 0.4) is 0 Å². The van der Waals surface area contributed by atoms with Gasteiger partial charge in [0.05, 0.1) is 71.2 Å². The van der Waals surface area contributed by atoms with Gasteiger partial charge in [0.1, 0.15) is 23.9 Å². The molecule has 0 bridgehead atoms. The van der Waals surface area contributed by atoms with Crippen molar-refractivity contribution in [3.8, 4) is 0 Å². The van der Waals surface area contributed by atoms with E-state index in [1.54, 1.807) is 24.3 Å². The number of hydrogen-bond acceptors (Lipinski definition) is 12. The first-order valence-electron chi connectivity index (χ1n) is 32.3. The number of fused-ring (bicyclic) bond motifs is 1. The Labute approximate surface area is 527 Å². The molecule has 12 nitrogen and oxygen atoms in total. The summed E-state index contributed by atoms with van der Waals surface area (Å²) in [4.78, 5) is 0.180. The standard InChI is InChI=1S/C67H117IO12SSi3/c1-23-43(2)38-55-47(6)59(57(76-55)42-56-46(5)44(3)39-49(74-56)31-33-53-45(4)40-48(73-53)28-27-37-69)62(81(71,72)51-29-25-24-26-30-51)52(70)41-50-32-34-54-60(75-50)61(79-83(19,20)65(10,11)12)63(80-84(21,22)66(13,14)15)67(16,77-54)58(35-36-68)78-82(17,18)64(7,8)9/h24-26,29-30,35-36,43-44,47-50,52-63,69-70H,4-5,23,27-28,31-34,37-42H2,1-3,6-22H3/b36-35+/t43-,44-,47+,48+,49+,50?,52?,53?,54+,55-,56?,57+,58+,59-,60+,61+,62?,63+,67+/m1/s1. The molecule has 0 radical (unpaired) electrons. The summed E-state index contributed by atoms with van der Waals surface area (Å²) in [7, 11) is -11.8. The van der Waals surface area contributed by atoms with E-state index < -0.39 is 100 Å². The fourth-order valence-corrected chi connectivity index (χ4v) is 19.5. The minimum atomic E-state index is -4.20. The molecule has 5 fully saturated rings. The lowest BCUT2D eigenvalue weighted by Gasteiger charge is -2.60. The summed E-state index contributed by atoms with van der Waals surface area (Å²) in [6.07, 6.45) is 4.54. The summed E-state index contributed by atoms with van der Waals surface area (Å²) in [5.74, 6) is -0.294. The molecule has 482 valence electrons. The number of benzene rings is 1. The van der Waals surface area contributed by atoms with E-state index in [1.165, 1.54) is 0 Å². The van der Waals surface area contributed by atoms with Crippen LogP contribution in [0.25, 0.3) is 0 Å². The van der Waals surface area contributed by atoms with E-state index in [-0.39, 0.29) is 75.4 Å². The molecule has 5 saturated heterocycles. The summed E-state index contributed by atoms with van der Waals surface area (Å²) in [5.41, 5.74) is 1.09. The number of aliphatic hydroxyl groups excluding tert-OH is 2. The summed E-state index contributed by atoms with van der Waals surface area (Å²) < 4.78 is 92.5. The molecule has 19 atom stereocenters. The number of halogens is 1. The molecule has 2 N–H and O–H groups in total. The highest BCUT2D eigenvalue weighted by atomic mass is 127. The molecule has 17 heteroatoms. The van der Waals surface area contributed by atoms with Gasteiger partial charge < -0.3 is 47.2 Å². The second-order valence-corrected chi connectivity index (χ2v) is 48.3. The summed E-state index contributed by atoms with van der Waals surface area (Å²) >= 11 is 2.30. The van der Waals surface area contributed by atoms with Crippen molar-refractivity contribution in [1.29, 1.82) is 0 Å². The van der Waals surface area contributed by atoms with E-state index in [0.29, 0.717) is 31.6 Å². The Morgan fingerprint density at radius 3 is 1.99 bits per heavy atom. The van der Waals surface area contributed by atoms with Crippen LogP contribution in [0.1, 0.15) is 174 Å². The SMILES string of the molecule is C=C1C[C@H](CCCO)OC1CC[C@H]1C[C@@H](C)C(=C)C(C[C@@H]2O[C@H](C[C@H](C)CC)[C@H](C)[C@H]2C(C(O)CC2CC[C@@H]3O[C@@](C)([C@H](/C=C/I)O[Si](C)(C)C(C)(C)C)[C@@H](O[Si](C)(C)C(C)(C)C)[C@@H](O[Si](C)(C)C(C)(C)C)[C@H]3O2)S(=O)(=O)c2ccccc2)O1. The van der Waals surface area contributed by atoms with Gasteiger partial charge in [0, 0.05) is 25.4 Å². The summed E-state index contributed by atoms with van der Waals surface area (Å²) in [5, 5.41) is 21.2. The van der Waals surface area contributed by atoms with Crippen LogP contribution in [0.2, 0.25) is 54.4 Å². The van der Waals surface area contributed by atoms with Gasteiger partial charge >= 0.3 is 0 Å². The molecule has 1 aromatic rings. The normalized spacial score (nSPS) is 34.0. The van der Waals surface area contributed by atoms with Gasteiger partial charge in [-0.3, -0.25) is 0 Å². The molecule has 5 unspecified atom stereocenters. The number of ether oxygens (including phenoxy) is 5. The van der Waals surface area contributed by atoms with Gasteiger partial charge in [0.15, 0.2) is 34.8 Å². The van der Waals surface area contributed by atoms with Gasteiger partial charge in [-0.05, 0) is 170 Å². The van der Waals surface area contributed by atoms with E-state index in [4.69, 9.17) is 37.0 Å². The molecule has 0 aliphatic carbocycles. The van der Waals surface area contributed by atoms with Crippen LogP contribution in [0.4, 0.5) is 0 Å². The third-order valence-electron chi connectivity index (χ3n) is 21.8. The molecule has 5 aliphatic heterocycles. The third-order valence-corrected chi connectivity index (χ3v) is 37.9. The first kappa shape index (κ1) is 72.4. The smallest absolute Gasteiger partial charge is 0.193 e. The summed E-state index contributed by atoms with van der Waals surface area (Å²) in [6.45, 7) is 54.2. The Morgan fingerprint density at radius 2 is 1.40 bits per heavy atom. The van der Waals surface area contributed by atoms with Crippen LogP contribution >= 0.6 is 22.6 Å². The van der Waals surface area contributed by atoms with E-state index >= 15 is 8.42 Å². The van der Waals surface area contributed by atoms with Gasteiger partial charge in [-0.1, -0.05) is 150 Å². The molecule has 0 saturated carbocycles. The molecule has 6 rings (SSSR count). The Balaban J connectivity index is 1.39. The van der Waals surface area contributed by atoms with Crippen LogP contribution in [0, 0.1) is 23.7 Å². The van der Waals surface area contributed by atoms with Crippen molar-refractivity contribution in [3.63, 3.8) is 0 Å². The maximum atomic E-state index is 15.8. The molecule has 1 aromatic carbocycles. The van der Waals surface area contributed by atoms with E-state index in [0.717, 1.165) is 56.1 Å². The average Bonchev–Trinajstić information content (AvgIpc) is 1.76. The van der Waals surface area contributed by atoms with Crippen molar-refractivity contribution in [2.24, 2.45) is 23.7 Å². The van der Waals surface area contributed by atoms with Gasteiger partial charge in [-0.2, -0.15) is 0 Å². The van der Waals surface area contributed by atoms with Crippen LogP contribution in [0.5, 0.6) is 0 Å². The van der Waals surface area contributed by atoms with Crippen molar-refractivity contribution >= 4 is 57.4 Å². The van der Waals surface area contributed by atoms with Crippen LogP contribution in [-0.4, -0.2) is 140 Å². The highest BCUT2D eigenvalue weighted by molar-refractivity contribution is 14.1. The lowest BCUT2D eigenvalue weighted by Crippen LogP contribution is -2.74. The molecule has 0 aromatic heterocycles. The minimum Gasteiger partial charge on any atom is -0.408 e. The Hall–Kier alpha value is -0.629. The van der Waals surface area contributed by atoms with Crippen molar-refractivity contribution in [1.82, 2.24) is 0 Å². The first-order chi connectivity index (χ1) is 38.7. The van der Waals surface area contributed by atoms with Gasteiger partial charge in [-0.25, -0.2) is 8.42 Å². The van der Waals surface area contributed by atoms with E-state index in [2.05, 4.69) is 178 Å². The molecule has 84 heavy (non-hydrogen) atoms. The molecular weight excluding hydrogens is 1240 g/mol. The number of rotatable bonds is 25. The topological polar surface area (TPSA) is 148 Å². The second-order valence-electron chi connectivity index (χ2n) is 31.2. The van der Waals surface area contributed by atoms with Crippen LogP contribution < -0.4 is 0 Å². The molecule has 5 heterocycles. The van der Waals surface area contributed by atoms with E-state index in [1.807, 2.05) is 10.1 Å². The van der Waals surface area contributed by atoms with Crippen molar-refractivity contribution in [3.05, 3.63) is 64.8 Å². The van der Waals surface area contributed by atoms with Crippen molar-refractivity contribution in [2.75, 3.05) is 6.61 Å². The zero-order chi connectivity index (χ0) is 62.9. The quantitative estimate of drug-likeness (QED) is 0.0545. The fourth-order valence-electron chi connectivity index (χ4n) is 13.0. The molecular formula is C67H117IO12SSi3. The Kier molecular flexibility index (Phi) is 24.6. The Bertz CT molecular complexity index is 2460. The van der Waals surface area contributed by atoms with Crippen LogP contribution in [-0.2, 0) is 46.8 Å². The maximum absolute atomic E-state index is 15.8. The van der Waals surface area contributed by atoms with Gasteiger partial charge in [-0.15, -0.1) is 0 Å². The fraction of sp³-hybridized carbons (Fsp3) is 0.821. The zero-order valence-electron chi connectivity index (χ0n) is 55.8. The minimum absolute atomic E-state index is 0.0499. The molecule has 5 aliphatic rings. The van der Waals surface area contributed by atoms with Crippen LogP contribution in [0.15, 0.2) is 69.7 Å². The predicted octanol–water partition coefficient (Wildman–Crippen LogP) is 15.9. The van der Waals surface area contributed by atoms with Gasteiger partial charge in [0.25, 0.3) is 0 Å². The number of hydrogen-bond donors (Lipinski definition) is 2. The second kappa shape index (κ2) is 28.5. The zero-order valence-corrected chi connectivity index (χ0v) is 61.8. The predicted molar refractivity (Wildman–Crippen MR) is 358 cm³/mol. The average molecular weight is 1360 g/mol. The number of sulfone groups is 1. The lowest BCUT2D eigenvalue weighted by molar-refractivity contribution is -0.302. The van der Waals surface area contributed by atoms with Crippen molar-refractivity contribution < 1.29 is 55.6 Å². The van der Waals surface area contributed by atoms with Gasteiger partial charge in [0.2, 0.25) is 0 Å². The third kappa shape index (κ3) is 16.7. The first-order valence-corrected chi connectivity index (χ1v) is 43.8. The van der Waals surface area contributed by atoms with Crippen molar-refractivity contribution in [2.45, 2.75) is 323 Å². The number of aliphatic hydroxyl groups is 2. The highest BCUT2D eigenvalue weighted by Crippen LogP contribution is 2.52. The monoisotopic (exact) mass is 1360 g/mol. The maximum Gasteiger partial charge on any atom is 0.193 e. The molecule has 0 spiro atoms. The largest absolute Gasteiger partial charge is 0.408 e. The van der Waals surface area contributed by atoms with E-state index in [9.17, 15) is 10.2 Å². The highest BCUT2D eigenvalue weighted by Gasteiger charge is 2.63. The molecule has 0 amide bonds. The Morgan fingerprint density at radius 1 is 0.798 bits per heavy atom. The summed E-state index contributed by atoms with van der Waals surface area (Å²) in [6, 6.07) is 8.69.